The number of nitrogens with zero attached hydrogens (tertiary/aromatic N) is 4. The minimum Gasteiger partial charge on any atom is -0.341 e. The predicted octanol–water partition coefficient (Wildman–Crippen LogP) is 2.35. The van der Waals surface area contributed by atoms with Gasteiger partial charge in [-0.3, -0.25) is 19.2 Å². The fourth-order valence-electron chi connectivity index (χ4n) is 6.35. The molecular formula is C31H37Cl3N6O6S. The normalized spacial score (nSPS) is 24.5. The number of fused-ring (bicyclic) bond motifs is 1. The number of piperazine rings is 1. The number of nitrogens with two attached hydrogens (primary N) is 1. The van der Waals surface area contributed by atoms with E-state index in [-0.39, 0.29) is 39.7 Å². The Morgan fingerprint density at radius 2 is 1.66 bits per heavy atom. The van der Waals surface area contributed by atoms with Gasteiger partial charge in [0, 0.05) is 36.6 Å². The van der Waals surface area contributed by atoms with Crippen LogP contribution in [0.3, 0.4) is 0 Å². The van der Waals surface area contributed by atoms with Crippen molar-refractivity contribution in [2.75, 3.05) is 26.7 Å². The van der Waals surface area contributed by atoms with Gasteiger partial charge in [-0.05, 0) is 54.7 Å². The van der Waals surface area contributed by atoms with Gasteiger partial charge in [-0.2, -0.15) is 4.31 Å². The van der Waals surface area contributed by atoms with E-state index >= 15 is 0 Å². The lowest BCUT2D eigenvalue weighted by Gasteiger charge is -2.52. The van der Waals surface area contributed by atoms with Gasteiger partial charge in [0.2, 0.25) is 33.7 Å². The number of rotatable bonds is 8. The number of hydrogen-bond donors (Lipinski definition) is 2. The first-order valence-corrected chi connectivity index (χ1v) is 17.8. The first-order chi connectivity index (χ1) is 22.1. The summed E-state index contributed by atoms with van der Waals surface area (Å²) in [6, 6.07) is 6.55. The van der Waals surface area contributed by atoms with E-state index in [1.165, 1.54) is 32.9 Å². The first-order valence-electron chi connectivity index (χ1n) is 15.3. The van der Waals surface area contributed by atoms with Crippen molar-refractivity contribution in [2.45, 2.75) is 68.3 Å². The molecule has 254 valence electrons. The van der Waals surface area contributed by atoms with Crippen molar-refractivity contribution in [1.82, 2.24) is 24.3 Å². The van der Waals surface area contributed by atoms with Crippen LogP contribution in [0.25, 0.3) is 0 Å². The number of sulfonamides is 1. The Morgan fingerprint density at radius 3 is 2.30 bits per heavy atom. The van der Waals surface area contributed by atoms with Crippen molar-refractivity contribution >= 4 is 68.5 Å². The smallest absolute Gasteiger partial charge is 0.248 e. The highest BCUT2D eigenvalue weighted by Gasteiger charge is 2.54. The number of hydrogen-bond acceptors (Lipinski definition) is 7. The average Bonchev–Trinajstić information content (AvgIpc) is 3.51. The zero-order chi connectivity index (χ0) is 34.4. The van der Waals surface area contributed by atoms with Crippen LogP contribution in [-0.2, 0) is 35.6 Å². The molecule has 3 heterocycles. The van der Waals surface area contributed by atoms with E-state index in [0.29, 0.717) is 30.0 Å². The van der Waals surface area contributed by atoms with E-state index in [2.05, 4.69) is 5.32 Å². The van der Waals surface area contributed by atoms with Crippen LogP contribution in [0.1, 0.15) is 32.3 Å². The molecule has 3 fully saturated rings. The predicted molar refractivity (Wildman–Crippen MR) is 177 cm³/mol. The third kappa shape index (κ3) is 6.97. The van der Waals surface area contributed by atoms with Crippen molar-refractivity contribution in [1.29, 1.82) is 0 Å². The van der Waals surface area contributed by atoms with Gasteiger partial charge >= 0.3 is 0 Å². The third-order valence-electron chi connectivity index (χ3n) is 8.98. The zero-order valence-electron chi connectivity index (χ0n) is 26.1. The van der Waals surface area contributed by atoms with Gasteiger partial charge < -0.3 is 25.8 Å². The summed E-state index contributed by atoms with van der Waals surface area (Å²) in [5, 5.41) is 3.32. The summed E-state index contributed by atoms with van der Waals surface area (Å²) in [5.41, 5.74) is 6.81. The number of likely N-dealkylation sites (tertiary alicyclic amines) is 1. The number of halogens is 3. The molecule has 3 N–H and O–H groups in total. The summed E-state index contributed by atoms with van der Waals surface area (Å²) in [5.74, 6) is -2.16. The molecule has 2 aromatic carbocycles. The Labute approximate surface area is 289 Å². The van der Waals surface area contributed by atoms with Crippen molar-refractivity contribution in [2.24, 2.45) is 11.7 Å². The molecule has 47 heavy (non-hydrogen) atoms. The van der Waals surface area contributed by atoms with Crippen molar-refractivity contribution < 1.29 is 27.6 Å². The number of carbonyl (C=O) groups is 4. The SMILES string of the molecule is CC(C)C(N)C(=O)N1CCCC1C(=O)NC1CN(S(=O)(=O)c2ccc(Cl)cc2Cl)C2CN(C)C(=O)C(Cc3ccc(Cl)cc3)N2C1=O. The highest BCUT2D eigenvalue weighted by molar-refractivity contribution is 7.89. The molecule has 3 aliphatic rings. The van der Waals surface area contributed by atoms with Gasteiger partial charge in [0.1, 0.15) is 29.2 Å². The number of likely N-dealkylation sites (N-methyl/N-ethyl adjacent to an activating group) is 1. The van der Waals surface area contributed by atoms with Crippen LogP contribution >= 0.6 is 34.8 Å². The van der Waals surface area contributed by atoms with E-state index in [1.54, 1.807) is 31.3 Å². The quantitative estimate of drug-likeness (QED) is 0.424. The highest BCUT2D eigenvalue weighted by atomic mass is 35.5. The Hall–Kier alpha value is -2.94. The maximum atomic E-state index is 14.3. The summed E-state index contributed by atoms with van der Waals surface area (Å²) in [7, 11) is -2.88. The lowest BCUT2D eigenvalue weighted by molar-refractivity contribution is -0.166. The summed E-state index contributed by atoms with van der Waals surface area (Å²) in [6.07, 6.45) is -0.140. The Balaban J connectivity index is 1.53. The third-order valence-corrected chi connectivity index (χ3v) is 11.8. The van der Waals surface area contributed by atoms with Crippen LogP contribution in [0.4, 0.5) is 0 Å². The maximum Gasteiger partial charge on any atom is 0.248 e. The van der Waals surface area contributed by atoms with E-state index in [1.807, 2.05) is 13.8 Å². The van der Waals surface area contributed by atoms with Gasteiger partial charge in [-0.25, -0.2) is 8.42 Å². The monoisotopic (exact) mass is 726 g/mol. The minimum atomic E-state index is -4.42. The second kappa shape index (κ2) is 13.9. The van der Waals surface area contributed by atoms with Gasteiger partial charge in [0.25, 0.3) is 0 Å². The summed E-state index contributed by atoms with van der Waals surface area (Å²) < 4.78 is 29.7. The molecule has 0 aromatic heterocycles. The van der Waals surface area contributed by atoms with E-state index < -0.39 is 64.6 Å². The van der Waals surface area contributed by atoms with E-state index in [0.717, 1.165) is 4.31 Å². The van der Waals surface area contributed by atoms with Gasteiger partial charge in [-0.15, -0.1) is 0 Å². The second-order valence-corrected chi connectivity index (χ2v) is 15.6. The van der Waals surface area contributed by atoms with Crippen LogP contribution in [0, 0.1) is 5.92 Å². The molecule has 3 saturated heterocycles. The number of benzene rings is 2. The minimum absolute atomic E-state index is 0.0663. The number of nitrogens with one attached hydrogen (secondary N) is 1. The molecule has 0 saturated carbocycles. The Kier molecular flexibility index (Phi) is 10.5. The topological polar surface area (TPSA) is 153 Å². The molecule has 12 nitrogen and oxygen atoms in total. The Morgan fingerprint density at radius 1 is 1.00 bits per heavy atom. The molecule has 5 rings (SSSR count). The molecule has 0 aliphatic carbocycles. The number of carbonyl (C=O) groups excluding carboxylic acids is 4. The molecule has 2 aromatic rings. The van der Waals surface area contributed by atoms with Gasteiger partial charge in [0.15, 0.2) is 0 Å². The lowest BCUT2D eigenvalue weighted by atomic mass is 9.97. The first kappa shape index (κ1) is 35.4. The van der Waals surface area contributed by atoms with Gasteiger partial charge in [-0.1, -0.05) is 60.8 Å². The largest absolute Gasteiger partial charge is 0.341 e. The molecule has 5 unspecified atom stereocenters. The van der Waals surface area contributed by atoms with Crippen LogP contribution < -0.4 is 11.1 Å². The van der Waals surface area contributed by atoms with Crippen molar-refractivity contribution in [3.8, 4) is 0 Å². The fraction of sp³-hybridized carbons (Fsp3) is 0.484. The van der Waals surface area contributed by atoms with Crippen molar-refractivity contribution in [3.05, 3.63) is 63.1 Å². The van der Waals surface area contributed by atoms with Crippen molar-refractivity contribution in [3.63, 3.8) is 0 Å². The van der Waals surface area contributed by atoms with Crippen LogP contribution in [0.2, 0.25) is 15.1 Å². The maximum absolute atomic E-state index is 14.3. The summed E-state index contributed by atoms with van der Waals surface area (Å²) in [4.78, 5) is 58.7. The molecule has 0 bridgehead atoms. The molecular weight excluding hydrogens is 691 g/mol. The molecule has 4 amide bonds. The zero-order valence-corrected chi connectivity index (χ0v) is 29.2. The molecule has 16 heteroatoms. The fourth-order valence-corrected chi connectivity index (χ4v) is 8.81. The Bertz CT molecular complexity index is 1680. The van der Waals surface area contributed by atoms with E-state index in [4.69, 9.17) is 40.5 Å². The lowest BCUT2D eigenvalue weighted by Crippen LogP contribution is -2.76. The second-order valence-electron chi connectivity index (χ2n) is 12.5. The average molecular weight is 728 g/mol. The summed E-state index contributed by atoms with van der Waals surface area (Å²) >= 11 is 18.5. The standard InChI is InChI=1S/C31H37Cl3N6O6S/c1-17(2)27(35)31(44)38-12-4-5-23(38)28(41)36-22-15-39(47(45,46)25-11-10-20(33)14-21(25)34)26-16-37(3)30(43)24(40(26)29(22)42)13-18-6-8-19(32)9-7-18/h6-11,14,17,22-24,26-27H,4-5,12-13,15-16,35H2,1-3H3,(H,36,41). The molecule has 0 spiro atoms. The van der Waals surface area contributed by atoms with Crippen LogP contribution in [0.15, 0.2) is 47.4 Å². The molecule has 3 aliphatic heterocycles. The summed E-state index contributed by atoms with van der Waals surface area (Å²) in [6.45, 7) is 3.39. The molecule has 0 radical (unpaired) electrons. The van der Waals surface area contributed by atoms with Crippen LogP contribution in [0.5, 0.6) is 0 Å². The molecule has 5 atom stereocenters. The highest BCUT2D eigenvalue weighted by Crippen LogP contribution is 2.34. The van der Waals surface area contributed by atoms with E-state index in [9.17, 15) is 27.6 Å². The number of amides is 4. The van der Waals surface area contributed by atoms with Gasteiger partial charge in [0.05, 0.1) is 17.6 Å². The van der Waals surface area contributed by atoms with Crippen LogP contribution in [-0.4, -0.2) is 108 Å².